The fraction of sp³-hybridized carbons (Fsp3) is 0.588. The van der Waals surface area contributed by atoms with Gasteiger partial charge in [-0.15, -0.1) is 0 Å². The van der Waals surface area contributed by atoms with Gasteiger partial charge in [-0.25, -0.2) is 4.79 Å². The molecule has 1 aromatic carbocycles. The van der Waals surface area contributed by atoms with Crippen molar-refractivity contribution in [3.05, 3.63) is 29.8 Å². The molecule has 1 atom stereocenters. The number of aliphatic hydroxyl groups is 1. The van der Waals surface area contributed by atoms with E-state index in [1.807, 2.05) is 24.3 Å². The quantitative estimate of drug-likeness (QED) is 0.691. The van der Waals surface area contributed by atoms with Crippen LogP contribution in [0, 0.1) is 5.92 Å². The Balaban J connectivity index is 1.63. The van der Waals surface area contributed by atoms with Crippen LogP contribution in [-0.4, -0.2) is 37.0 Å². The second kappa shape index (κ2) is 8.15. The predicted molar refractivity (Wildman–Crippen MR) is 87.1 cm³/mol. The number of aliphatic hydroxyl groups excluding tert-OH is 1. The highest BCUT2D eigenvalue weighted by molar-refractivity contribution is 5.89. The van der Waals surface area contributed by atoms with E-state index in [2.05, 4.69) is 24.5 Å². The van der Waals surface area contributed by atoms with Crippen molar-refractivity contribution in [2.75, 3.05) is 25.1 Å². The van der Waals surface area contributed by atoms with Crippen LogP contribution in [0.2, 0.25) is 0 Å². The highest BCUT2D eigenvalue weighted by Crippen LogP contribution is 2.28. The Morgan fingerprint density at radius 3 is 2.59 bits per heavy atom. The van der Waals surface area contributed by atoms with Crippen LogP contribution in [0.3, 0.4) is 0 Å². The number of nitrogens with one attached hydrogen (secondary N) is 2. The third-order valence-corrected chi connectivity index (χ3v) is 3.69. The molecule has 0 heterocycles. The molecule has 1 fully saturated rings. The van der Waals surface area contributed by atoms with Gasteiger partial charge in [-0.3, -0.25) is 0 Å². The molecule has 22 heavy (non-hydrogen) atoms. The summed E-state index contributed by atoms with van der Waals surface area (Å²) < 4.78 is 5.38. The molecule has 1 aliphatic rings. The molecule has 0 spiro atoms. The molecule has 3 N–H and O–H groups in total. The first-order valence-electron chi connectivity index (χ1n) is 7.95. The lowest BCUT2D eigenvalue weighted by Crippen LogP contribution is -2.37. The van der Waals surface area contributed by atoms with Crippen molar-refractivity contribution in [1.82, 2.24) is 5.32 Å². The zero-order valence-corrected chi connectivity index (χ0v) is 13.3. The van der Waals surface area contributed by atoms with Crippen LogP contribution in [0.5, 0.6) is 0 Å². The summed E-state index contributed by atoms with van der Waals surface area (Å²) in [6.45, 7) is 5.41. The Labute approximate surface area is 132 Å². The molecule has 122 valence electrons. The molecule has 1 aromatic rings. The average Bonchev–Trinajstić information content (AvgIpc) is 3.30. The molecule has 0 aromatic heterocycles. The molecule has 5 nitrogen and oxygen atoms in total. The van der Waals surface area contributed by atoms with Crippen molar-refractivity contribution in [1.29, 1.82) is 0 Å². The van der Waals surface area contributed by atoms with Crippen molar-refractivity contribution >= 4 is 11.7 Å². The standard InChI is InChI=1S/C17H26N2O3/c1-12(2)14-5-7-15(8-6-14)19-17(21)18-9-16(20)11-22-10-13-3-4-13/h5-8,12-13,16,20H,3-4,9-11H2,1-2H3,(H2,18,19,21). The number of amides is 2. The minimum absolute atomic E-state index is 0.181. The van der Waals surface area contributed by atoms with Crippen LogP contribution in [0.1, 0.15) is 38.2 Å². The second-order valence-corrected chi connectivity index (χ2v) is 6.25. The summed E-state index contributed by atoms with van der Waals surface area (Å²) in [5.41, 5.74) is 1.97. The van der Waals surface area contributed by atoms with Gasteiger partial charge in [0.05, 0.1) is 12.7 Å². The summed E-state index contributed by atoms with van der Waals surface area (Å²) in [6, 6.07) is 7.44. The first-order valence-corrected chi connectivity index (χ1v) is 7.95. The van der Waals surface area contributed by atoms with Crippen molar-refractivity contribution in [2.45, 2.75) is 38.7 Å². The van der Waals surface area contributed by atoms with Crippen LogP contribution >= 0.6 is 0 Å². The lowest BCUT2D eigenvalue weighted by Gasteiger charge is -2.13. The van der Waals surface area contributed by atoms with Crippen molar-refractivity contribution in [3.63, 3.8) is 0 Å². The molecule has 1 aliphatic carbocycles. The Kier molecular flexibility index (Phi) is 6.21. The number of anilines is 1. The van der Waals surface area contributed by atoms with Gasteiger partial charge in [0.2, 0.25) is 0 Å². The summed E-state index contributed by atoms with van der Waals surface area (Å²) in [6.07, 6.45) is 1.78. The van der Waals surface area contributed by atoms with E-state index in [0.29, 0.717) is 18.4 Å². The number of hydrogen-bond acceptors (Lipinski definition) is 3. The van der Waals surface area contributed by atoms with E-state index in [4.69, 9.17) is 4.74 Å². The molecule has 0 radical (unpaired) electrons. The molecule has 2 amide bonds. The monoisotopic (exact) mass is 306 g/mol. The fourth-order valence-corrected chi connectivity index (χ4v) is 2.05. The van der Waals surface area contributed by atoms with Crippen molar-refractivity contribution < 1.29 is 14.6 Å². The largest absolute Gasteiger partial charge is 0.389 e. The van der Waals surface area contributed by atoms with E-state index in [-0.39, 0.29) is 19.2 Å². The number of carbonyl (C=O) groups is 1. The zero-order chi connectivity index (χ0) is 15.9. The third kappa shape index (κ3) is 6.03. The average molecular weight is 306 g/mol. The van der Waals surface area contributed by atoms with E-state index in [1.165, 1.54) is 18.4 Å². The van der Waals surface area contributed by atoms with E-state index < -0.39 is 6.10 Å². The SMILES string of the molecule is CC(C)c1ccc(NC(=O)NCC(O)COCC2CC2)cc1. The van der Waals surface area contributed by atoms with E-state index in [9.17, 15) is 9.90 Å². The minimum atomic E-state index is -0.673. The van der Waals surface area contributed by atoms with Gasteiger partial charge in [-0.2, -0.15) is 0 Å². The van der Waals surface area contributed by atoms with Gasteiger partial charge in [0.15, 0.2) is 0 Å². The van der Waals surface area contributed by atoms with Crippen molar-refractivity contribution in [2.24, 2.45) is 5.92 Å². The van der Waals surface area contributed by atoms with E-state index >= 15 is 0 Å². The Bertz CT molecular complexity index is 469. The Morgan fingerprint density at radius 1 is 1.32 bits per heavy atom. The third-order valence-electron chi connectivity index (χ3n) is 3.69. The number of urea groups is 1. The normalized spacial score (nSPS) is 15.6. The summed E-state index contributed by atoms with van der Waals surface area (Å²) in [4.78, 5) is 11.8. The van der Waals surface area contributed by atoms with Gasteiger partial charge in [-0.1, -0.05) is 26.0 Å². The molecule has 1 unspecified atom stereocenters. The number of carbonyl (C=O) groups excluding carboxylic acids is 1. The maximum atomic E-state index is 11.8. The van der Waals surface area contributed by atoms with Crippen molar-refractivity contribution in [3.8, 4) is 0 Å². The lowest BCUT2D eigenvalue weighted by molar-refractivity contribution is 0.0339. The Hall–Kier alpha value is -1.59. The lowest BCUT2D eigenvalue weighted by atomic mass is 10.0. The number of rotatable bonds is 8. The van der Waals surface area contributed by atoms with Gasteiger partial charge in [0.25, 0.3) is 0 Å². The summed E-state index contributed by atoms with van der Waals surface area (Å²) >= 11 is 0. The summed E-state index contributed by atoms with van der Waals surface area (Å²) in [5, 5.41) is 15.1. The van der Waals surface area contributed by atoms with Gasteiger partial charge in [-0.05, 0) is 42.4 Å². The molecule has 1 saturated carbocycles. The van der Waals surface area contributed by atoms with Gasteiger partial charge < -0.3 is 20.5 Å². The van der Waals surface area contributed by atoms with Crippen LogP contribution < -0.4 is 10.6 Å². The predicted octanol–water partition coefficient (Wildman–Crippen LogP) is 2.72. The molecule has 0 aliphatic heterocycles. The Morgan fingerprint density at radius 2 is 2.00 bits per heavy atom. The molecular weight excluding hydrogens is 280 g/mol. The molecule has 2 rings (SSSR count). The molecular formula is C17H26N2O3. The van der Waals surface area contributed by atoms with Crippen LogP contribution in [0.4, 0.5) is 10.5 Å². The zero-order valence-electron chi connectivity index (χ0n) is 13.3. The van der Waals surface area contributed by atoms with Gasteiger partial charge in [0, 0.05) is 18.8 Å². The topological polar surface area (TPSA) is 70.6 Å². The highest BCUT2D eigenvalue weighted by atomic mass is 16.5. The molecule has 0 bridgehead atoms. The number of hydrogen-bond donors (Lipinski definition) is 3. The fourth-order valence-electron chi connectivity index (χ4n) is 2.05. The number of ether oxygens (including phenoxy) is 1. The summed E-state index contributed by atoms with van der Waals surface area (Å²) in [5.74, 6) is 1.14. The van der Waals surface area contributed by atoms with Crippen LogP contribution in [0.25, 0.3) is 0 Å². The van der Waals surface area contributed by atoms with Crippen LogP contribution in [-0.2, 0) is 4.74 Å². The number of benzene rings is 1. The van der Waals surface area contributed by atoms with E-state index in [0.717, 1.165) is 5.69 Å². The van der Waals surface area contributed by atoms with Gasteiger partial charge >= 0.3 is 6.03 Å². The molecule has 0 saturated heterocycles. The maximum absolute atomic E-state index is 11.8. The first kappa shape index (κ1) is 16.8. The second-order valence-electron chi connectivity index (χ2n) is 6.25. The minimum Gasteiger partial charge on any atom is -0.389 e. The maximum Gasteiger partial charge on any atom is 0.319 e. The van der Waals surface area contributed by atoms with Gasteiger partial charge in [0.1, 0.15) is 0 Å². The smallest absolute Gasteiger partial charge is 0.319 e. The molecule has 5 heteroatoms. The van der Waals surface area contributed by atoms with E-state index in [1.54, 1.807) is 0 Å². The first-order chi connectivity index (χ1) is 10.5. The highest BCUT2D eigenvalue weighted by Gasteiger charge is 2.21. The van der Waals surface area contributed by atoms with Crippen LogP contribution in [0.15, 0.2) is 24.3 Å². The summed E-state index contributed by atoms with van der Waals surface area (Å²) in [7, 11) is 0.